The third-order valence-electron chi connectivity index (χ3n) is 4.87. The third kappa shape index (κ3) is 7.00. The predicted molar refractivity (Wildman–Crippen MR) is 123 cm³/mol. The summed E-state index contributed by atoms with van der Waals surface area (Å²) in [5, 5.41) is 5.38. The molecule has 0 radical (unpaired) electrons. The fourth-order valence-corrected chi connectivity index (χ4v) is 3.58. The minimum absolute atomic E-state index is 0.682. The Hall–Kier alpha value is -2.14. The lowest BCUT2D eigenvalue weighted by molar-refractivity contribution is 0.0923. The Morgan fingerprint density at radius 3 is 2.72 bits per heavy atom. The second-order valence-electron chi connectivity index (χ2n) is 7.18. The van der Waals surface area contributed by atoms with Crippen molar-refractivity contribution in [2.24, 2.45) is 0 Å². The molecular weight excluding hydrogens is 382 g/mol. The first-order valence-electron chi connectivity index (χ1n) is 10.4. The number of hydrogen-bond acceptors (Lipinski definition) is 4. The molecule has 3 aromatic rings. The molecule has 29 heavy (non-hydrogen) atoms. The Kier molecular flexibility index (Phi) is 8.75. The van der Waals surface area contributed by atoms with Crippen molar-refractivity contribution in [1.82, 2.24) is 9.88 Å². The van der Waals surface area contributed by atoms with Crippen LogP contribution in [-0.4, -0.2) is 42.7 Å². The highest BCUT2D eigenvalue weighted by Crippen LogP contribution is 2.24. The summed E-state index contributed by atoms with van der Waals surface area (Å²) >= 11 is 6.07. The first-order valence-corrected chi connectivity index (χ1v) is 10.8. The molecule has 0 amide bonds. The summed E-state index contributed by atoms with van der Waals surface area (Å²) in [6.07, 6.45) is 4.06. The van der Waals surface area contributed by atoms with Gasteiger partial charge >= 0.3 is 0 Å². The van der Waals surface area contributed by atoms with Gasteiger partial charge in [-0.3, -0.25) is 4.98 Å². The van der Waals surface area contributed by atoms with Crippen LogP contribution in [0.3, 0.4) is 0 Å². The van der Waals surface area contributed by atoms with Crippen LogP contribution in [0.5, 0.6) is 0 Å². The maximum atomic E-state index is 6.07. The van der Waals surface area contributed by atoms with Crippen LogP contribution >= 0.6 is 11.6 Å². The number of nitrogens with one attached hydrogen (secondary N) is 1. The van der Waals surface area contributed by atoms with Gasteiger partial charge in [0.05, 0.1) is 18.7 Å². The van der Waals surface area contributed by atoms with E-state index in [0.29, 0.717) is 11.6 Å². The monoisotopic (exact) mass is 411 g/mol. The second-order valence-corrected chi connectivity index (χ2v) is 7.62. The number of fused-ring (bicyclic) bond motifs is 1. The van der Waals surface area contributed by atoms with Crippen molar-refractivity contribution in [3.8, 4) is 0 Å². The van der Waals surface area contributed by atoms with Gasteiger partial charge < -0.3 is 15.0 Å². The van der Waals surface area contributed by atoms with Gasteiger partial charge in [0.15, 0.2) is 0 Å². The maximum absolute atomic E-state index is 6.07. The van der Waals surface area contributed by atoms with Crippen LogP contribution < -0.4 is 5.32 Å². The zero-order valence-electron chi connectivity index (χ0n) is 17.1. The molecule has 4 nitrogen and oxygen atoms in total. The SMILES string of the molecule is CCCN(CCCNc1ccnc2cc(Cl)ccc12)CCOCc1ccccc1. The fourth-order valence-electron chi connectivity index (χ4n) is 3.41. The molecule has 0 spiro atoms. The van der Waals surface area contributed by atoms with Crippen LogP contribution in [0.15, 0.2) is 60.8 Å². The van der Waals surface area contributed by atoms with E-state index in [1.54, 1.807) is 0 Å². The van der Waals surface area contributed by atoms with E-state index in [1.807, 2.05) is 36.5 Å². The van der Waals surface area contributed by atoms with Gasteiger partial charge in [0.2, 0.25) is 0 Å². The normalized spacial score (nSPS) is 11.3. The van der Waals surface area contributed by atoms with E-state index in [4.69, 9.17) is 16.3 Å². The van der Waals surface area contributed by atoms with Gasteiger partial charge in [-0.15, -0.1) is 0 Å². The largest absolute Gasteiger partial charge is 0.384 e. The molecule has 0 aliphatic rings. The number of anilines is 1. The van der Waals surface area contributed by atoms with Gasteiger partial charge in [-0.2, -0.15) is 0 Å². The Morgan fingerprint density at radius 2 is 1.90 bits per heavy atom. The molecule has 1 aromatic heterocycles. The number of hydrogen-bond donors (Lipinski definition) is 1. The fraction of sp³-hybridized carbons (Fsp3) is 0.375. The van der Waals surface area contributed by atoms with Crippen molar-refractivity contribution < 1.29 is 4.74 Å². The summed E-state index contributed by atoms with van der Waals surface area (Å²) in [6, 6.07) is 18.2. The molecule has 3 rings (SSSR count). The van der Waals surface area contributed by atoms with Gasteiger partial charge in [0.25, 0.3) is 0 Å². The second kappa shape index (κ2) is 11.8. The Bertz CT molecular complexity index is 872. The quantitative estimate of drug-likeness (QED) is 0.392. The molecule has 0 unspecified atom stereocenters. The molecule has 0 bridgehead atoms. The van der Waals surface area contributed by atoms with E-state index in [0.717, 1.165) is 62.2 Å². The summed E-state index contributed by atoms with van der Waals surface area (Å²) in [6.45, 7) is 7.73. The number of halogens is 1. The van der Waals surface area contributed by atoms with E-state index < -0.39 is 0 Å². The molecule has 2 aromatic carbocycles. The first kappa shape index (κ1) is 21.6. The molecule has 0 atom stereocenters. The van der Waals surface area contributed by atoms with Crippen LogP contribution in [0.1, 0.15) is 25.3 Å². The molecule has 0 saturated heterocycles. The molecule has 1 N–H and O–H groups in total. The van der Waals surface area contributed by atoms with Gasteiger partial charge in [0.1, 0.15) is 0 Å². The zero-order chi connectivity index (χ0) is 20.3. The lowest BCUT2D eigenvalue weighted by atomic mass is 10.2. The first-order chi connectivity index (χ1) is 14.3. The van der Waals surface area contributed by atoms with E-state index in [1.165, 1.54) is 5.56 Å². The molecule has 1 heterocycles. The molecule has 154 valence electrons. The maximum Gasteiger partial charge on any atom is 0.0737 e. The number of benzene rings is 2. The Morgan fingerprint density at radius 1 is 1.03 bits per heavy atom. The number of ether oxygens (including phenoxy) is 1. The Labute approximate surface area is 178 Å². The van der Waals surface area contributed by atoms with Crippen molar-refractivity contribution in [1.29, 1.82) is 0 Å². The molecule has 5 heteroatoms. The topological polar surface area (TPSA) is 37.4 Å². The standard InChI is InChI=1S/C24H30ClN3O/c1-2-14-28(16-17-29-19-20-7-4-3-5-8-20)15-6-12-26-23-11-13-27-24-18-21(25)9-10-22(23)24/h3-5,7-11,13,18H,2,6,12,14-17,19H2,1H3,(H,26,27). The summed E-state index contributed by atoms with van der Waals surface area (Å²) in [7, 11) is 0. The number of pyridine rings is 1. The van der Waals surface area contributed by atoms with Crippen LogP contribution in [0.4, 0.5) is 5.69 Å². The average molecular weight is 412 g/mol. The predicted octanol–water partition coefficient (Wildman–Crippen LogP) is 5.62. The third-order valence-corrected chi connectivity index (χ3v) is 5.11. The van der Waals surface area contributed by atoms with Gasteiger partial charge in [-0.05, 0) is 55.8 Å². The number of aromatic nitrogens is 1. The average Bonchev–Trinajstić information content (AvgIpc) is 2.74. The van der Waals surface area contributed by atoms with Crippen LogP contribution in [-0.2, 0) is 11.3 Å². The van der Waals surface area contributed by atoms with E-state index in [-0.39, 0.29) is 0 Å². The summed E-state index contributed by atoms with van der Waals surface area (Å²) < 4.78 is 5.85. The van der Waals surface area contributed by atoms with Gasteiger partial charge in [0, 0.05) is 35.4 Å². The van der Waals surface area contributed by atoms with Crippen LogP contribution in [0.25, 0.3) is 10.9 Å². The number of rotatable bonds is 12. The molecule has 0 aliphatic carbocycles. The van der Waals surface area contributed by atoms with E-state index >= 15 is 0 Å². The molecular formula is C24H30ClN3O. The minimum atomic E-state index is 0.682. The summed E-state index contributed by atoms with van der Waals surface area (Å²) in [5.41, 5.74) is 3.26. The highest BCUT2D eigenvalue weighted by molar-refractivity contribution is 6.31. The molecule has 0 fully saturated rings. The van der Waals surface area contributed by atoms with Crippen LogP contribution in [0, 0.1) is 0 Å². The van der Waals surface area contributed by atoms with Gasteiger partial charge in [-0.1, -0.05) is 48.9 Å². The van der Waals surface area contributed by atoms with Crippen molar-refractivity contribution in [2.75, 3.05) is 38.1 Å². The van der Waals surface area contributed by atoms with Crippen molar-refractivity contribution in [3.63, 3.8) is 0 Å². The molecule has 0 saturated carbocycles. The van der Waals surface area contributed by atoms with E-state index in [9.17, 15) is 0 Å². The molecule has 0 aliphatic heterocycles. The van der Waals surface area contributed by atoms with Crippen LogP contribution in [0.2, 0.25) is 5.02 Å². The minimum Gasteiger partial charge on any atom is -0.384 e. The van der Waals surface area contributed by atoms with E-state index in [2.05, 4.69) is 46.4 Å². The number of nitrogens with zero attached hydrogens (tertiary/aromatic N) is 2. The lowest BCUT2D eigenvalue weighted by Gasteiger charge is -2.22. The Balaban J connectivity index is 1.40. The highest BCUT2D eigenvalue weighted by Gasteiger charge is 2.05. The van der Waals surface area contributed by atoms with Gasteiger partial charge in [-0.25, -0.2) is 0 Å². The van der Waals surface area contributed by atoms with Crippen molar-refractivity contribution >= 4 is 28.2 Å². The zero-order valence-corrected chi connectivity index (χ0v) is 17.9. The van der Waals surface area contributed by atoms with Crippen molar-refractivity contribution in [2.45, 2.75) is 26.4 Å². The smallest absolute Gasteiger partial charge is 0.0737 e. The highest BCUT2D eigenvalue weighted by atomic mass is 35.5. The summed E-state index contributed by atoms with van der Waals surface area (Å²) in [4.78, 5) is 6.88. The van der Waals surface area contributed by atoms with Crippen molar-refractivity contribution in [3.05, 3.63) is 71.4 Å². The summed E-state index contributed by atoms with van der Waals surface area (Å²) in [5.74, 6) is 0. The lowest BCUT2D eigenvalue weighted by Crippen LogP contribution is -2.30.